The molecule has 0 unspecified atom stereocenters. The van der Waals surface area contributed by atoms with E-state index < -0.39 is 0 Å². The maximum Gasteiger partial charge on any atom is 0.164 e. The molecule has 17 heavy (non-hydrogen) atoms. The number of rotatable bonds is 3. The van der Waals surface area contributed by atoms with Gasteiger partial charge in [0.15, 0.2) is 5.78 Å². The smallest absolute Gasteiger partial charge is 0.164 e. The number of ketones is 1. The van der Waals surface area contributed by atoms with Crippen molar-refractivity contribution in [2.24, 2.45) is 17.8 Å². The molecular formula is C15H24O2. The molecule has 0 aromatic rings. The van der Waals surface area contributed by atoms with Crippen molar-refractivity contribution < 1.29 is 9.53 Å². The topological polar surface area (TPSA) is 26.3 Å². The summed E-state index contributed by atoms with van der Waals surface area (Å²) in [5.41, 5.74) is 0.934. The molecule has 0 radical (unpaired) electrons. The van der Waals surface area contributed by atoms with E-state index in [9.17, 15) is 4.79 Å². The number of carbonyl (C=O) groups excluding carboxylic acids is 1. The van der Waals surface area contributed by atoms with Crippen LogP contribution in [0, 0.1) is 17.8 Å². The molecule has 2 heteroatoms. The van der Waals surface area contributed by atoms with Crippen molar-refractivity contribution in [2.75, 3.05) is 6.61 Å². The van der Waals surface area contributed by atoms with Gasteiger partial charge >= 0.3 is 0 Å². The van der Waals surface area contributed by atoms with E-state index in [1.807, 2.05) is 0 Å². The standard InChI is InChI=1S/C15H24O2/c1-11(2)12-5-7-13(8-6-12)15(16)14-4-3-9-17-10-14/h10-13H,3-9H2,1-2H3. The molecule has 1 heterocycles. The Morgan fingerprint density at radius 1 is 1.29 bits per heavy atom. The summed E-state index contributed by atoms with van der Waals surface area (Å²) in [6.45, 7) is 5.37. The fraction of sp³-hybridized carbons (Fsp3) is 0.800. The van der Waals surface area contributed by atoms with E-state index in [-0.39, 0.29) is 5.92 Å². The zero-order valence-corrected chi connectivity index (χ0v) is 11.1. The predicted molar refractivity (Wildman–Crippen MR) is 68.6 cm³/mol. The van der Waals surface area contributed by atoms with E-state index >= 15 is 0 Å². The number of Topliss-reactive ketones (excluding diaryl/α,β-unsaturated/α-hetero) is 1. The Balaban J connectivity index is 1.88. The van der Waals surface area contributed by atoms with Crippen molar-refractivity contribution >= 4 is 5.78 Å². The van der Waals surface area contributed by atoms with Crippen molar-refractivity contribution in [1.29, 1.82) is 0 Å². The first-order chi connectivity index (χ1) is 8.18. The van der Waals surface area contributed by atoms with Gasteiger partial charge in [0.25, 0.3) is 0 Å². The van der Waals surface area contributed by atoms with Gasteiger partial charge in [0, 0.05) is 11.5 Å². The van der Waals surface area contributed by atoms with Gasteiger partial charge in [-0.3, -0.25) is 4.79 Å². The van der Waals surface area contributed by atoms with Gasteiger partial charge in [0.2, 0.25) is 0 Å². The summed E-state index contributed by atoms with van der Waals surface area (Å²) < 4.78 is 5.27. The number of ether oxygens (including phenoxy) is 1. The molecule has 0 saturated heterocycles. The summed E-state index contributed by atoms with van der Waals surface area (Å²) in [6.07, 6.45) is 8.24. The highest BCUT2D eigenvalue weighted by atomic mass is 16.5. The SMILES string of the molecule is CC(C)C1CCC(C(=O)C2=COCCC2)CC1. The van der Waals surface area contributed by atoms with E-state index in [2.05, 4.69) is 13.8 Å². The Labute approximate surface area is 104 Å². The Kier molecular flexibility index (Phi) is 4.25. The summed E-state index contributed by atoms with van der Waals surface area (Å²) in [4.78, 5) is 12.3. The molecule has 96 valence electrons. The number of hydrogen-bond donors (Lipinski definition) is 0. The average molecular weight is 236 g/mol. The minimum Gasteiger partial charge on any atom is -0.501 e. The van der Waals surface area contributed by atoms with Gasteiger partial charge in [-0.1, -0.05) is 13.8 Å². The minimum atomic E-state index is 0.276. The van der Waals surface area contributed by atoms with E-state index in [1.54, 1.807) is 6.26 Å². The van der Waals surface area contributed by atoms with Crippen LogP contribution in [0.2, 0.25) is 0 Å². The third-order valence-corrected chi connectivity index (χ3v) is 4.34. The predicted octanol–water partition coefficient (Wildman–Crippen LogP) is 3.71. The number of allylic oxidation sites excluding steroid dienone is 1. The zero-order chi connectivity index (χ0) is 12.3. The molecule has 0 aromatic carbocycles. The lowest BCUT2D eigenvalue weighted by Crippen LogP contribution is -2.26. The first kappa shape index (κ1) is 12.7. The fourth-order valence-corrected chi connectivity index (χ4v) is 3.06. The Hall–Kier alpha value is -0.790. The van der Waals surface area contributed by atoms with E-state index in [0.717, 1.165) is 49.7 Å². The van der Waals surface area contributed by atoms with Gasteiger partial charge in [0.05, 0.1) is 12.9 Å². The van der Waals surface area contributed by atoms with Crippen LogP contribution < -0.4 is 0 Å². The van der Waals surface area contributed by atoms with E-state index in [4.69, 9.17) is 4.74 Å². The Morgan fingerprint density at radius 3 is 2.53 bits per heavy atom. The summed E-state index contributed by atoms with van der Waals surface area (Å²) in [5.74, 6) is 2.24. The van der Waals surface area contributed by atoms with Gasteiger partial charge in [-0.05, 0) is 50.4 Å². The van der Waals surface area contributed by atoms with Gasteiger partial charge in [-0.2, -0.15) is 0 Å². The molecule has 1 saturated carbocycles. The molecule has 0 bridgehead atoms. The molecule has 1 fully saturated rings. The van der Waals surface area contributed by atoms with Crippen LogP contribution >= 0.6 is 0 Å². The maximum absolute atomic E-state index is 12.3. The second-order valence-electron chi connectivity index (χ2n) is 5.84. The van der Waals surface area contributed by atoms with Crippen molar-refractivity contribution in [2.45, 2.75) is 52.4 Å². The van der Waals surface area contributed by atoms with Gasteiger partial charge in [0.1, 0.15) is 0 Å². The number of hydrogen-bond acceptors (Lipinski definition) is 2. The van der Waals surface area contributed by atoms with Crippen molar-refractivity contribution in [3.05, 3.63) is 11.8 Å². The molecule has 2 aliphatic rings. The first-order valence-corrected chi connectivity index (χ1v) is 7.03. The molecular weight excluding hydrogens is 212 g/mol. The molecule has 0 spiro atoms. The Bertz CT molecular complexity index is 296. The second-order valence-corrected chi connectivity index (χ2v) is 5.84. The molecule has 0 N–H and O–H groups in total. The molecule has 2 nitrogen and oxygen atoms in total. The maximum atomic E-state index is 12.3. The highest BCUT2D eigenvalue weighted by Gasteiger charge is 2.29. The van der Waals surface area contributed by atoms with Crippen molar-refractivity contribution in [1.82, 2.24) is 0 Å². The molecule has 0 aromatic heterocycles. The van der Waals surface area contributed by atoms with E-state index in [1.165, 1.54) is 12.8 Å². The van der Waals surface area contributed by atoms with Crippen LogP contribution in [0.4, 0.5) is 0 Å². The highest BCUT2D eigenvalue weighted by molar-refractivity contribution is 5.97. The van der Waals surface area contributed by atoms with Crippen LogP contribution in [-0.4, -0.2) is 12.4 Å². The number of carbonyl (C=O) groups is 1. The quantitative estimate of drug-likeness (QED) is 0.746. The first-order valence-electron chi connectivity index (χ1n) is 7.03. The van der Waals surface area contributed by atoms with Crippen LogP contribution in [0.1, 0.15) is 52.4 Å². The molecule has 1 aliphatic heterocycles. The molecule has 1 aliphatic carbocycles. The summed E-state index contributed by atoms with van der Waals surface area (Å²) in [5, 5.41) is 0. The van der Waals surface area contributed by atoms with Gasteiger partial charge in [-0.25, -0.2) is 0 Å². The lowest BCUT2D eigenvalue weighted by atomic mass is 9.74. The van der Waals surface area contributed by atoms with Crippen molar-refractivity contribution in [3.63, 3.8) is 0 Å². The largest absolute Gasteiger partial charge is 0.501 e. The summed E-state index contributed by atoms with van der Waals surface area (Å²) in [7, 11) is 0. The van der Waals surface area contributed by atoms with Crippen LogP contribution in [0.5, 0.6) is 0 Å². The van der Waals surface area contributed by atoms with Crippen LogP contribution in [0.25, 0.3) is 0 Å². The average Bonchev–Trinajstić information content (AvgIpc) is 2.39. The lowest BCUT2D eigenvalue weighted by Gasteiger charge is -2.30. The molecule has 0 amide bonds. The molecule has 0 atom stereocenters. The molecule has 2 rings (SSSR count). The van der Waals surface area contributed by atoms with Crippen LogP contribution in [0.3, 0.4) is 0 Å². The van der Waals surface area contributed by atoms with Crippen LogP contribution in [-0.2, 0) is 9.53 Å². The van der Waals surface area contributed by atoms with Crippen LogP contribution in [0.15, 0.2) is 11.8 Å². The third kappa shape index (κ3) is 3.11. The monoisotopic (exact) mass is 236 g/mol. The van der Waals surface area contributed by atoms with Gasteiger partial charge < -0.3 is 4.74 Å². The normalized spacial score (nSPS) is 29.7. The van der Waals surface area contributed by atoms with Gasteiger partial charge in [-0.15, -0.1) is 0 Å². The van der Waals surface area contributed by atoms with Crippen molar-refractivity contribution in [3.8, 4) is 0 Å². The third-order valence-electron chi connectivity index (χ3n) is 4.34. The minimum absolute atomic E-state index is 0.276. The fourth-order valence-electron chi connectivity index (χ4n) is 3.06. The summed E-state index contributed by atoms with van der Waals surface area (Å²) in [6, 6.07) is 0. The lowest BCUT2D eigenvalue weighted by molar-refractivity contribution is -0.121. The second kappa shape index (κ2) is 5.70. The summed E-state index contributed by atoms with van der Waals surface area (Å²) >= 11 is 0. The highest BCUT2D eigenvalue weighted by Crippen LogP contribution is 2.35. The zero-order valence-electron chi connectivity index (χ0n) is 11.1. The van der Waals surface area contributed by atoms with E-state index in [0.29, 0.717) is 5.78 Å². The Morgan fingerprint density at radius 2 is 2.00 bits per heavy atom.